The molecule has 132 valence electrons. The molecule has 1 aliphatic heterocycles. The van der Waals surface area contributed by atoms with E-state index in [1.54, 1.807) is 7.05 Å². The lowest BCUT2D eigenvalue weighted by atomic mass is 9.97. The predicted molar refractivity (Wildman–Crippen MR) is 94.3 cm³/mol. The SMILES string of the molecule is CN=C(NCCOc1cccc(C)c1)N1CCC(C(=O)OC)CC1. The van der Waals surface area contributed by atoms with E-state index in [1.807, 2.05) is 31.2 Å². The van der Waals surface area contributed by atoms with Gasteiger partial charge in [0, 0.05) is 20.1 Å². The Balaban J connectivity index is 1.72. The van der Waals surface area contributed by atoms with Crippen molar-refractivity contribution in [1.82, 2.24) is 10.2 Å². The average molecular weight is 333 g/mol. The number of aryl methyl sites for hydroxylation is 1. The van der Waals surface area contributed by atoms with Gasteiger partial charge in [-0.1, -0.05) is 12.1 Å². The Bertz CT molecular complexity index is 566. The van der Waals surface area contributed by atoms with Crippen molar-refractivity contribution in [2.45, 2.75) is 19.8 Å². The molecule has 24 heavy (non-hydrogen) atoms. The maximum atomic E-state index is 11.6. The molecule has 0 unspecified atom stereocenters. The summed E-state index contributed by atoms with van der Waals surface area (Å²) in [7, 11) is 3.22. The van der Waals surface area contributed by atoms with Gasteiger partial charge in [-0.15, -0.1) is 0 Å². The molecular formula is C18H27N3O3. The summed E-state index contributed by atoms with van der Waals surface area (Å²) in [4.78, 5) is 18.1. The largest absolute Gasteiger partial charge is 0.492 e. The fourth-order valence-electron chi connectivity index (χ4n) is 2.86. The van der Waals surface area contributed by atoms with Crippen LogP contribution in [-0.4, -0.2) is 57.2 Å². The number of methoxy groups -OCH3 is 1. The smallest absolute Gasteiger partial charge is 0.308 e. The van der Waals surface area contributed by atoms with Gasteiger partial charge in [0.15, 0.2) is 5.96 Å². The van der Waals surface area contributed by atoms with E-state index in [4.69, 9.17) is 9.47 Å². The molecule has 0 bridgehead atoms. The number of nitrogens with one attached hydrogen (secondary N) is 1. The number of hydrogen-bond acceptors (Lipinski definition) is 4. The van der Waals surface area contributed by atoms with Gasteiger partial charge in [-0.05, 0) is 37.5 Å². The Morgan fingerprint density at radius 1 is 1.38 bits per heavy atom. The molecule has 1 aromatic rings. The van der Waals surface area contributed by atoms with E-state index in [1.165, 1.54) is 12.7 Å². The van der Waals surface area contributed by atoms with Crippen LogP contribution in [0.2, 0.25) is 0 Å². The Morgan fingerprint density at radius 3 is 2.75 bits per heavy atom. The van der Waals surface area contributed by atoms with E-state index in [9.17, 15) is 4.79 Å². The summed E-state index contributed by atoms with van der Waals surface area (Å²) in [5.74, 6) is 1.63. The third-order valence-electron chi connectivity index (χ3n) is 4.18. The first-order valence-corrected chi connectivity index (χ1v) is 8.37. The van der Waals surface area contributed by atoms with Crippen LogP contribution in [0.4, 0.5) is 0 Å². The number of piperidine rings is 1. The van der Waals surface area contributed by atoms with Crippen molar-refractivity contribution < 1.29 is 14.3 Å². The van der Waals surface area contributed by atoms with Gasteiger partial charge in [0.1, 0.15) is 12.4 Å². The molecule has 6 heteroatoms. The number of guanidine groups is 1. The van der Waals surface area contributed by atoms with Crippen LogP contribution in [0, 0.1) is 12.8 Å². The zero-order chi connectivity index (χ0) is 17.4. The molecule has 0 radical (unpaired) electrons. The Morgan fingerprint density at radius 2 is 2.12 bits per heavy atom. The van der Waals surface area contributed by atoms with Crippen molar-refractivity contribution in [2.75, 3.05) is 40.4 Å². The number of ether oxygens (including phenoxy) is 2. The molecule has 1 saturated heterocycles. The number of carbonyl (C=O) groups excluding carboxylic acids is 1. The highest BCUT2D eigenvalue weighted by Crippen LogP contribution is 2.18. The van der Waals surface area contributed by atoms with Crippen LogP contribution < -0.4 is 10.1 Å². The number of hydrogen-bond donors (Lipinski definition) is 1. The minimum atomic E-state index is -0.107. The van der Waals surface area contributed by atoms with Gasteiger partial charge in [0.25, 0.3) is 0 Å². The van der Waals surface area contributed by atoms with Crippen LogP contribution in [0.15, 0.2) is 29.3 Å². The van der Waals surface area contributed by atoms with Gasteiger partial charge in [0.2, 0.25) is 0 Å². The standard InChI is InChI=1S/C18H27N3O3/c1-14-5-4-6-16(13-14)24-12-9-20-18(19-2)21-10-7-15(8-11-21)17(22)23-3/h4-6,13,15H,7-12H2,1-3H3,(H,19,20). The van der Waals surface area contributed by atoms with Gasteiger partial charge in [-0.25, -0.2) is 0 Å². The summed E-state index contributed by atoms with van der Waals surface area (Å²) >= 11 is 0. The summed E-state index contributed by atoms with van der Waals surface area (Å²) in [6.45, 7) is 4.90. The molecule has 0 aromatic heterocycles. The highest BCUT2D eigenvalue weighted by Gasteiger charge is 2.26. The molecule has 1 N–H and O–H groups in total. The molecule has 0 amide bonds. The lowest BCUT2D eigenvalue weighted by Gasteiger charge is -2.33. The lowest BCUT2D eigenvalue weighted by Crippen LogP contribution is -2.47. The van der Waals surface area contributed by atoms with Crippen molar-refractivity contribution in [3.05, 3.63) is 29.8 Å². The number of nitrogens with zero attached hydrogens (tertiary/aromatic N) is 2. The van der Waals surface area contributed by atoms with Gasteiger partial charge < -0.3 is 19.7 Å². The fraction of sp³-hybridized carbons (Fsp3) is 0.556. The normalized spacial score (nSPS) is 16.0. The van der Waals surface area contributed by atoms with Crippen LogP contribution in [0.1, 0.15) is 18.4 Å². The predicted octanol–water partition coefficient (Wildman–Crippen LogP) is 1.83. The van der Waals surface area contributed by atoms with E-state index >= 15 is 0 Å². The highest BCUT2D eigenvalue weighted by molar-refractivity contribution is 5.80. The molecule has 2 rings (SSSR count). The number of aliphatic imine (C=N–C) groups is 1. The Kier molecular flexibility index (Phi) is 6.90. The van der Waals surface area contributed by atoms with E-state index in [-0.39, 0.29) is 11.9 Å². The molecule has 1 aromatic carbocycles. The number of likely N-dealkylation sites (tertiary alicyclic amines) is 1. The maximum absolute atomic E-state index is 11.6. The third kappa shape index (κ3) is 5.15. The summed E-state index contributed by atoms with van der Waals surface area (Å²) in [6.07, 6.45) is 1.60. The first kappa shape index (κ1) is 18.1. The van der Waals surface area contributed by atoms with E-state index < -0.39 is 0 Å². The molecular weight excluding hydrogens is 306 g/mol. The second-order valence-electron chi connectivity index (χ2n) is 5.92. The molecule has 6 nitrogen and oxygen atoms in total. The molecule has 0 aliphatic carbocycles. The van der Waals surface area contributed by atoms with Crippen molar-refractivity contribution in [2.24, 2.45) is 10.9 Å². The number of rotatable bonds is 5. The third-order valence-corrected chi connectivity index (χ3v) is 4.18. The van der Waals surface area contributed by atoms with Gasteiger partial charge in [-0.2, -0.15) is 0 Å². The van der Waals surface area contributed by atoms with Crippen LogP contribution >= 0.6 is 0 Å². The molecule has 1 aliphatic rings. The molecule has 1 heterocycles. The van der Waals surface area contributed by atoms with Crippen LogP contribution in [0.25, 0.3) is 0 Å². The van der Waals surface area contributed by atoms with Crippen LogP contribution in [0.3, 0.4) is 0 Å². The molecule has 1 fully saturated rings. The van der Waals surface area contributed by atoms with Crippen molar-refractivity contribution in [3.8, 4) is 5.75 Å². The van der Waals surface area contributed by atoms with Crippen LogP contribution in [0.5, 0.6) is 5.75 Å². The van der Waals surface area contributed by atoms with Gasteiger partial charge in [0.05, 0.1) is 19.6 Å². The minimum absolute atomic E-state index is 0.00834. The number of carbonyl (C=O) groups is 1. The summed E-state index contributed by atoms with van der Waals surface area (Å²) < 4.78 is 10.6. The second-order valence-corrected chi connectivity index (χ2v) is 5.92. The second kappa shape index (κ2) is 9.15. The van der Waals surface area contributed by atoms with E-state index in [0.717, 1.165) is 37.6 Å². The molecule has 0 atom stereocenters. The topological polar surface area (TPSA) is 63.2 Å². The minimum Gasteiger partial charge on any atom is -0.492 e. The van der Waals surface area contributed by atoms with Crippen molar-refractivity contribution >= 4 is 11.9 Å². The summed E-state index contributed by atoms with van der Waals surface area (Å²) in [6, 6.07) is 8.01. The Hall–Kier alpha value is -2.24. The quantitative estimate of drug-likeness (QED) is 0.385. The molecule has 0 saturated carbocycles. The lowest BCUT2D eigenvalue weighted by molar-refractivity contribution is -0.146. The fourth-order valence-corrected chi connectivity index (χ4v) is 2.86. The van der Waals surface area contributed by atoms with Gasteiger partial charge >= 0.3 is 5.97 Å². The van der Waals surface area contributed by atoms with Crippen molar-refractivity contribution in [1.29, 1.82) is 0 Å². The number of benzene rings is 1. The maximum Gasteiger partial charge on any atom is 0.308 e. The average Bonchev–Trinajstić information content (AvgIpc) is 2.61. The van der Waals surface area contributed by atoms with Gasteiger partial charge in [-0.3, -0.25) is 9.79 Å². The van der Waals surface area contributed by atoms with Crippen LogP contribution in [-0.2, 0) is 9.53 Å². The van der Waals surface area contributed by atoms with E-state index in [2.05, 4.69) is 15.2 Å². The van der Waals surface area contributed by atoms with E-state index in [0.29, 0.717) is 13.2 Å². The zero-order valence-electron chi connectivity index (χ0n) is 14.7. The number of esters is 1. The summed E-state index contributed by atoms with van der Waals surface area (Å²) in [5.41, 5.74) is 1.18. The first-order valence-electron chi connectivity index (χ1n) is 8.37. The Labute approximate surface area is 143 Å². The first-order chi connectivity index (χ1) is 11.6. The monoisotopic (exact) mass is 333 g/mol. The summed E-state index contributed by atoms with van der Waals surface area (Å²) in [5, 5.41) is 3.32. The highest BCUT2D eigenvalue weighted by atomic mass is 16.5. The zero-order valence-corrected chi connectivity index (χ0v) is 14.7. The van der Waals surface area contributed by atoms with Crippen molar-refractivity contribution in [3.63, 3.8) is 0 Å². The molecule has 0 spiro atoms.